The van der Waals surface area contributed by atoms with Crippen LogP contribution in [0.1, 0.15) is 13.3 Å². The van der Waals surface area contributed by atoms with Gasteiger partial charge < -0.3 is 16.8 Å². The Morgan fingerprint density at radius 3 is 2.67 bits per heavy atom. The van der Waals surface area contributed by atoms with Crippen molar-refractivity contribution in [2.24, 2.45) is 11.5 Å². The van der Waals surface area contributed by atoms with Gasteiger partial charge in [0, 0.05) is 4.90 Å². The summed E-state index contributed by atoms with van der Waals surface area (Å²) in [5.41, 5.74) is 11.4. The van der Waals surface area contributed by atoms with Crippen LogP contribution in [0.3, 0.4) is 0 Å². The fraction of sp³-hybridized carbons (Fsp3) is 0.333. The Balaban J connectivity index is 2.75. The highest BCUT2D eigenvalue weighted by molar-refractivity contribution is 8.00. The number of nitrogens with one attached hydrogen (secondary N) is 1. The third kappa shape index (κ3) is 4.38. The monoisotopic (exact) mass is 267 g/mol. The molecule has 2 amide bonds. The van der Waals surface area contributed by atoms with Crippen LogP contribution in [-0.2, 0) is 9.59 Å². The quantitative estimate of drug-likeness (QED) is 0.668. The number of para-hydroxylation sites is 1. The molecule has 0 fully saturated rings. The van der Waals surface area contributed by atoms with Crippen molar-refractivity contribution in [2.45, 2.75) is 24.3 Å². The molecule has 18 heavy (non-hydrogen) atoms. The fourth-order valence-electron chi connectivity index (χ4n) is 1.26. The van der Waals surface area contributed by atoms with Gasteiger partial charge in [0.05, 0.1) is 17.5 Å². The van der Waals surface area contributed by atoms with Crippen molar-refractivity contribution >= 4 is 29.3 Å². The average Bonchev–Trinajstić information content (AvgIpc) is 2.36. The van der Waals surface area contributed by atoms with Crippen LogP contribution in [-0.4, -0.2) is 23.6 Å². The van der Waals surface area contributed by atoms with Crippen molar-refractivity contribution in [2.75, 3.05) is 11.1 Å². The van der Waals surface area contributed by atoms with E-state index in [0.29, 0.717) is 12.1 Å². The fourth-order valence-corrected chi connectivity index (χ4v) is 2.00. The smallest absolute Gasteiger partial charge is 0.241 e. The first-order valence-electron chi connectivity index (χ1n) is 5.61. The Kier molecular flexibility index (Phi) is 5.67. The zero-order valence-corrected chi connectivity index (χ0v) is 11.0. The number of rotatable bonds is 6. The molecule has 1 aromatic rings. The summed E-state index contributed by atoms with van der Waals surface area (Å²) in [5.74, 6) is -0.455. The van der Waals surface area contributed by atoms with Gasteiger partial charge in [-0.2, -0.15) is 0 Å². The van der Waals surface area contributed by atoms with Crippen molar-refractivity contribution in [3.8, 4) is 0 Å². The average molecular weight is 267 g/mol. The molecule has 5 N–H and O–H groups in total. The molecule has 1 aromatic carbocycles. The maximum atomic E-state index is 11.7. The van der Waals surface area contributed by atoms with Crippen molar-refractivity contribution in [3.05, 3.63) is 24.3 Å². The molecule has 1 atom stereocenters. The molecule has 0 saturated carbocycles. The first kappa shape index (κ1) is 14.5. The SMILES string of the molecule is CCC(N)C(=O)Nc1ccccc1SCC(N)=O. The number of hydrogen-bond donors (Lipinski definition) is 3. The summed E-state index contributed by atoms with van der Waals surface area (Å²) >= 11 is 1.29. The second kappa shape index (κ2) is 7.03. The van der Waals surface area contributed by atoms with Crippen LogP contribution in [0.15, 0.2) is 29.2 Å². The van der Waals surface area contributed by atoms with E-state index in [-0.39, 0.29) is 11.7 Å². The summed E-state index contributed by atoms with van der Waals surface area (Å²) in [7, 11) is 0. The highest BCUT2D eigenvalue weighted by atomic mass is 32.2. The van der Waals surface area contributed by atoms with E-state index in [4.69, 9.17) is 11.5 Å². The van der Waals surface area contributed by atoms with Gasteiger partial charge in [-0.15, -0.1) is 11.8 Å². The van der Waals surface area contributed by atoms with E-state index in [1.807, 2.05) is 19.1 Å². The molecule has 0 aromatic heterocycles. The lowest BCUT2D eigenvalue weighted by Gasteiger charge is -2.13. The van der Waals surface area contributed by atoms with Crippen molar-refractivity contribution in [1.29, 1.82) is 0 Å². The summed E-state index contributed by atoms with van der Waals surface area (Å²) in [4.78, 5) is 23.3. The molecule has 0 aliphatic carbocycles. The molecule has 0 aliphatic heterocycles. The highest BCUT2D eigenvalue weighted by Crippen LogP contribution is 2.26. The summed E-state index contributed by atoms with van der Waals surface area (Å²) in [5, 5.41) is 2.75. The predicted octanol–water partition coefficient (Wildman–Crippen LogP) is 0.940. The largest absolute Gasteiger partial charge is 0.369 e. The lowest BCUT2D eigenvalue weighted by Crippen LogP contribution is -2.34. The van der Waals surface area contributed by atoms with Gasteiger partial charge in [0.2, 0.25) is 11.8 Å². The number of nitrogens with two attached hydrogens (primary N) is 2. The maximum absolute atomic E-state index is 11.7. The molecule has 1 unspecified atom stereocenters. The summed E-state index contributed by atoms with van der Waals surface area (Å²) < 4.78 is 0. The van der Waals surface area contributed by atoms with Crippen LogP contribution in [0.2, 0.25) is 0 Å². The van der Waals surface area contributed by atoms with Gasteiger partial charge in [-0.05, 0) is 18.6 Å². The minimum absolute atomic E-state index is 0.173. The van der Waals surface area contributed by atoms with E-state index >= 15 is 0 Å². The summed E-state index contributed by atoms with van der Waals surface area (Å²) in [6, 6.07) is 6.70. The Labute approximate surface area is 110 Å². The lowest BCUT2D eigenvalue weighted by atomic mass is 10.2. The first-order chi connectivity index (χ1) is 8.54. The number of anilines is 1. The summed E-state index contributed by atoms with van der Waals surface area (Å²) in [6.07, 6.45) is 0.572. The Morgan fingerprint density at radius 2 is 2.06 bits per heavy atom. The van der Waals surface area contributed by atoms with Crippen LogP contribution < -0.4 is 16.8 Å². The second-order valence-electron chi connectivity index (χ2n) is 3.76. The number of benzene rings is 1. The molecular formula is C12H17N3O2S. The second-order valence-corrected chi connectivity index (χ2v) is 4.77. The number of amides is 2. The molecule has 0 saturated heterocycles. The van der Waals surface area contributed by atoms with E-state index in [2.05, 4.69) is 5.32 Å². The van der Waals surface area contributed by atoms with E-state index in [1.165, 1.54) is 11.8 Å². The van der Waals surface area contributed by atoms with Gasteiger partial charge in [-0.25, -0.2) is 0 Å². The first-order valence-corrected chi connectivity index (χ1v) is 6.59. The van der Waals surface area contributed by atoms with Crippen molar-refractivity contribution < 1.29 is 9.59 Å². The number of hydrogen-bond acceptors (Lipinski definition) is 4. The van der Waals surface area contributed by atoms with Crippen LogP contribution in [0.25, 0.3) is 0 Å². The normalized spacial score (nSPS) is 11.9. The molecule has 5 nitrogen and oxygen atoms in total. The highest BCUT2D eigenvalue weighted by Gasteiger charge is 2.13. The van der Waals surface area contributed by atoms with Gasteiger partial charge >= 0.3 is 0 Å². The van der Waals surface area contributed by atoms with E-state index in [9.17, 15) is 9.59 Å². The molecule has 0 radical (unpaired) electrons. The molecule has 0 bridgehead atoms. The van der Waals surface area contributed by atoms with Gasteiger partial charge in [0.1, 0.15) is 0 Å². The molecule has 1 rings (SSSR count). The molecule has 0 aliphatic rings. The number of carbonyl (C=O) groups excluding carboxylic acids is 2. The van der Waals surface area contributed by atoms with Crippen molar-refractivity contribution in [1.82, 2.24) is 0 Å². The molecule has 0 spiro atoms. The molecule has 0 heterocycles. The van der Waals surface area contributed by atoms with Gasteiger partial charge in [-0.1, -0.05) is 19.1 Å². The predicted molar refractivity (Wildman–Crippen MR) is 73.3 cm³/mol. The van der Waals surface area contributed by atoms with Crippen molar-refractivity contribution in [3.63, 3.8) is 0 Å². The van der Waals surface area contributed by atoms with Gasteiger partial charge in [0.15, 0.2) is 0 Å². The van der Waals surface area contributed by atoms with Crippen LogP contribution in [0.5, 0.6) is 0 Å². The Morgan fingerprint density at radius 1 is 1.39 bits per heavy atom. The topological polar surface area (TPSA) is 98.2 Å². The number of thioether (sulfide) groups is 1. The number of carbonyl (C=O) groups is 2. The third-order valence-corrected chi connectivity index (χ3v) is 3.39. The summed E-state index contributed by atoms with van der Waals surface area (Å²) in [6.45, 7) is 1.85. The lowest BCUT2D eigenvalue weighted by molar-refractivity contribution is -0.117. The minimum Gasteiger partial charge on any atom is -0.369 e. The molecule has 98 valence electrons. The van der Waals surface area contributed by atoms with Crippen LogP contribution in [0, 0.1) is 0 Å². The van der Waals surface area contributed by atoms with Crippen LogP contribution >= 0.6 is 11.8 Å². The van der Waals surface area contributed by atoms with Gasteiger partial charge in [0.25, 0.3) is 0 Å². The zero-order chi connectivity index (χ0) is 13.5. The van der Waals surface area contributed by atoms with Gasteiger partial charge in [-0.3, -0.25) is 9.59 Å². The maximum Gasteiger partial charge on any atom is 0.241 e. The number of primary amides is 1. The third-order valence-electron chi connectivity index (χ3n) is 2.29. The Hall–Kier alpha value is -1.53. The van der Waals surface area contributed by atoms with E-state index in [0.717, 1.165) is 4.90 Å². The van der Waals surface area contributed by atoms with E-state index in [1.54, 1.807) is 12.1 Å². The molecule has 6 heteroatoms. The van der Waals surface area contributed by atoms with Crippen LogP contribution in [0.4, 0.5) is 5.69 Å². The van der Waals surface area contributed by atoms with E-state index < -0.39 is 11.9 Å². The molecular weight excluding hydrogens is 250 g/mol. The Bertz CT molecular complexity index is 437. The zero-order valence-electron chi connectivity index (χ0n) is 10.2. The minimum atomic E-state index is -0.529. The standard InChI is InChI=1S/C12H17N3O2S/c1-2-8(13)12(17)15-9-5-3-4-6-10(9)18-7-11(14)16/h3-6,8H,2,7,13H2,1H3,(H2,14,16)(H,15,17).